The van der Waals surface area contributed by atoms with E-state index in [4.69, 9.17) is 12.6 Å². The molecule has 0 heterocycles. The molecule has 0 aromatic heterocycles. The molecule has 9 heavy (non-hydrogen) atoms. The molecular weight excluding hydrogens is 110 g/mol. The fourth-order valence-corrected chi connectivity index (χ4v) is 0.487. The van der Waals surface area contributed by atoms with E-state index in [2.05, 4.69) is 0 Å². The zero-order chi connectivity index (χ0) is 10.9. The summed E-state index contributed by atoms with van der Waals surface area (Å²) >= 11 is 0. The molecule has 0 aliphatic heterocycles. The van der Waals surface area contributed by atoms with Gasteiger partial charge in [0.15, 0.2) is 0 Å². The third-order valence-electron chi connectivity index (χ3n) is 0.975. The SMILES string of the molecule is [2H]Cc1c([2H])c([2H])c(C[2H])c(N)c1[2H]. The van der Waals surface area contributed by atoms with Crippen molar-refractivity contribution in [2.75, 3.05) is 5.73 Å². The molecule has 1 heteroatoms. The minimum Gasteiger partial charge on any atom is -0.399 e. The zero-order valence-corrected chi connectivity index (χ0v) is 4.99. The summed E-state index contributed by atoms with van der Waals surface area (Å²) in [5, 5.41) is 0. The van der Waals surface area contributed by atoms with Gasteiger partial charge in [-0.2, -0.15) is 0 Å². The van der Waals surface area contributed by atoms with Gasteiger partial charge in [0, 0.05) is 8.43 Å². The molecule has 2 N–H and O–H groups in total. The third kappa shape index (κ3) is 1.22. The van der Waals surface area contributed by atoms with E-state index in [1.54, 1.807) is 0 Å². The predicted octanol–water partition coefficient (Wildman–Crippen LogP) is 1.89. The van der Waals surface area contributed by atoms with Crippen LogP contribution in [0.15, 0.2) is 18.1 Å². The highest BCUT2D eigenvalue weighted by molar-refractivity contribution is 5.47. The number of anilines is 1. The average molecular weight is 126 g/mol. The van der Waals surface area contributed by atoms with Crippen LogP contribution < -0.4 is 5.73 Å². The molecule has 0 fully saturated rings. The largest absolute Gasteiger partial charge is 0.399 e. The Morgan fingerprint density at radius 1 is 1.56 bits per heavy atom. The predicted molar refractivity (Wildman–Crippen MR) is 40.3 cm³/mol. The van der Waals surface area contributed by atoms with Gasteiger partial charge < -0.3 is 5.73 Å². The van der Waals surface area contributed by atoms with Crippen LogP contribution in [0.2, 0.25) is 0 Å². The first-order chi connectivity index (χ1) is 6.54. The third-order valence-corrected chi connectivity index (χ3v) is 0.975. The maximum Gasteiger partial charge on any atom is 0.0647 e. The van der Waals surface area contributed by atoms with Crippen molar-refractivity contribution < 1.29 is 6.85 Å². The second-order valence-electron chi connectivity index (χ2n) is 1.75. The van der Waals surface area contributed by atoms with Crippen LogP contribution in [0.4, 0.5) is 5.69 Å². The van der Waals surface area contributed by atoms with Crippen molar-refractivity contribution in [3.63, 3.8) is 0 Å². The molecular formula is C8H11N. The van der Waals surface area contributed by atoms with Crippen LogP contribution in [-0.2, 0) is 0 Å². The van der Waals surface area contributed by atoms with Crippen molar-refractivity contribution in [2.24, 2.45) is 0 Å². The summed E-state index contributed by atoms with van der Waals surface area (Å²) in [4.78, 5) is 0. The normalized spacial score (nSPS) is 17.1. The Bertz CT molecular complexity index is 299. The average Bonchev–Trinajstić information content (AvgIpc) is 2.17. The van der Waals surface area contributed by atoms with Crippen molar-refractivity contribution in [2.45, 2.75) is 13.8 Å². The van der Waals surface area contributed by atoms with E-state index in [1.165, 1.54) is 0 Å². The molecule has 1 aromatic carbocycles. The van der Waals surface area contributed by atoms with Gasteiger partial charge in [0.25, 0.3) is 0 Å². The number of rotatable bonds is 0. The van der Waals surface area contributed by atoms with E-state index < -0.39 is 0 Å². The molecule has 0 saturated heterocycles. The summed E-state index contributed by atoms with van der Waals surface area (Å²) in [6.07, 6.45) is 0. The molecule has 0 spiro atoms. The molecule has 1 aromatic rings. The smallest absolute Gasteiger partial charge is 0.0647 e. The van der Waals surface area contributed by atoms with Gasteiger partial charge in [-0.3, -0.25) is 0 Å². The first-order valence-corrected chi connectivity index (χ1v) is 2.50. The first kappa shape index (κ1) is 2.33. The molecule has 0 bridgehead atoms. The Balaban J connectivity index is 3.55. The standard InChI is InChI=1S/C8H11N/c1-6-3-4-7(2)8(9)5-6/h3-5H,9H2,1-2H3/i1D,2D,3D,4D,5D. The zero-order valence-electron chi connectivity index (χ0n) is 9.99. The Morgan fingerprint density at radius 2 is 2.44 bits per heavy atom. The van der Waals surface area contributed by atoms with Crippen LogP contribution >= 0.6 is 0 Å². The quantitative estimate of drug-likeness (QED) is 0.528. The molecule has 1 rings (SSSR count). The Hall–Kier alpha value is -0.980. The topological polar surface area (TPSA) is 26.0 Å². The van der Waals surface area contributed by atoms with Crippen molar-refractivity contribution in [3.05, 3.63) is 29.3 Å². The van der Waals surface area contributed by atoms with E-state index in [1.807, 2.05) is 0 Å². The van der Waals surface area contributed by atoms with Gasteiger partial charge in [0.2, 0.25) is 0 Å². The Morgan fingerprint density at radius 3 is 3.11 bits per heavy atom. The number of hydrogen-bond acceptors (Lipinski definition) is 1. The van der Waals surface area contributed by atoms with Gasteiger partial charge in [-0.25, -0.2) is 0 Å². The van der Waals surface area contributed by atoms with E-state index >= 15 is 0 Å². The van der Waals surface area contributed by atoms with Crippen LogP contribution in [-0.4, -0.2) is 0 Å². The van der Waals surface area contributed by atoms with Gasteiger partial charge in [-0.15, -0.1) is 0 Å². The van der Waals surface area contributed by atoms with Gasteiger partial charge in [-0.1, -0.05) is 12.1 Å². The lowest BCUT2D eigenvalue weighted by Crippen LogP contribution is -1.88. The summed E-state index contributed by atoms with van der Waals surface area (Å²) in [6, 6.07) is -0.361. The number of nitrogens with two attached hydrogens (primary N) is 1. The molecule has 0 unspecified atom stereocenters. The lowest BCUT2D eigenvalue weighted by atomic mass is 10.1. The summed E-state index contributed by atoms with van der Waals surface area (Å²) in [5.74, 6) is 0. The van der Waals surface area contributed by atoms with Crippen molar-refractivity contribution in [1.29, 1.82) is 0 Å². The molecule has 0 aliphatic carbocycles. The van der Waals surface area contributed by atoms with Gasteiger partial charge in [0.1, 0.15) is 0 Å². The molecule has 48 valence electrons. The maximum absolute atomic E-state index is 7.55. The minimum absolute atomic E-state index is 0.0586. The van der Waals surface area contributed by atoms with Gasteiger partial charge >= 0.3 is 0 Å². The summed E-state index contributed by atoms with van der Waals surface area (Å²) < 4.78 is 36.8. The van der Waals surface area contributed by atoms with Crippen molar-refractivity contribution in [1.82, 2.24) is 0 Å². The van der Waals surface area contributed by atoms with E-state index in [0.29, 0.717) is 0 Å². The van der Waals surface area contributed by atoms with E-state index in [-0.39, 0.29) is 48.7 Å². The van der Waals surface area contributed by atoms with Crippen molar-refractivity contribution in [3.8, 4) is 0 Å². The van der Waals surface area contributed by atoms with Crippen LogP contribution in [0, 0.1) is 13.8 Å². The van der Waals surface area contributed by atoms with Crippen LogP contribution in [0.3, 0.4) is 0 Å². The molecule has 0 atom stereocenters. The molecule has 0 saturated carbocycles. The summed E-state index contributed by atoms with van der Waals surface area (Å²) in [5.41, 5.74) is 5.97. The fraction of sp³-hybridized carbons (Fsp3) is 0.250. The van der Waals surface area contributed by atoms with Crippen LogP contribution in [0.25, 0.3) is 0 Å². The summed E-state index contributed by atoms with van der Waals surface area (Å²) in [6.45, 7) is -0.438. The highest BCUT2D eigenvalue weighted by Gasteiger charge is 1.89. The molecule has 1 nitrogen and oxygen atoms in total. The summed E-state index contributed by atoms with van der Waals surface area (Å²) in [7, 11) is 0. The molecule has 0 aliphatic rings. The van der Waals surface area contributed by atoms with Crippen LogP contribution in [0.1, 0.15) is 18.0 Å². The highest BCUT2D eigenvalue weighted by Crippen LogP contribution is 2.10. The van der Waals surface area contributed by atoms with Crippen molar-refractivity contribution >= 4 is 5.69 Å². The highest BCUT2D eigenvalue weighted by atomic mass is 14.5. The van der Waals surface area contributed by atoms with Crippen LogP contribution in [0.5, 0.6) is 0 Å². The maximum atomic E-state index is 7.55. The molecule has 0 amide bonds. The second-order valence-corrected chi connectivity index (χ2v) is 1.75. The Labute approximate surface area is 62.5 Å². The van der Waals surface area contributed by atoms with E-state index in [9.17, 15) is 0 Å². The first-order valence-electron chi connectivity index (χ1n) is 5.41. The lowest BCUT2D eigenvalue weighted by Gasteiger charge is -1.98. The second kappa shape index (κ2) is 2.09. The Kier molecular flexibility index (Phi) is 0.543. The van der Waals surface area contributed by atoms with Gasteiger partial charge in [0.05, 0.1) is 4.11 Å². The fourth-order valence-electron chi connectivity index (χ4n) is 0.487. The number of hydrogen-bond donors (Lipinski definition) is 1. The lowest BCUT2D eigenvalue weighted by molar-refractivity contribution is 1.40. The molecule has 0 radical (unpaired) electrons. The van der Waals surface area contributed by atoms with E-state index in [0.717, 1.165) is 0 Å². The minimum atomic E-state index is -0.230. The monoisotopic (exact) mass is 126 g/mol. The number of benzene rings is 1. The number of nitrogen functional groups attached to an aromatic ring is 1. The van der Waals surface area contributed by atoms with Gasteiger partial charge in [-0.05, 0) is 31.0 Å².